The lowest BCUT2D eigenvalue weighted by Crippen LogP contribution is -2.34. The first kappa shape index (κ1) is 20.3. The van der Waals surface area contributed by atoms with Crippen LogP contribution in [0.15, 0.2) is 85.1 Å². The van der Waals surface area contributed by atoms with Gasteiger partial charge in [0.2, 0.25) is 5.91 Å². The molecule has 4 aromatic rings. The van der Waals surface area contributed by atoms with Crippen LogP contribution in [0.4, 0.5) is 0 Å². The van der Waals surface area contributed by atoms with Gasteiger partial charge in [-0.2, -0.15) is 5.10 Å². The molecule has 0 unspecified atom stereocenters. The minimum atomic E-state index is -0.0335. The SMILES string of the molecule is O=C(/C=C\c1cn(-c2ccccc2)nc1-c1ccc2ccccc2c1)NC1CCCCC1. The summed E-state index contributed by atoms with van der Waals surface area (Å²) in [6.07, 6.45) is 11.3. The van der Waals surface area contributed by atoms with E-state index in [0.717, 1.165) is 35.3 Å². The van der Waals surface area contributed by atoms with E-state index in [2.05, 4.69) is 35.6 Å². The Morgan fingerprint density at radius 3 is 2.47 bits per heavy atom. The number of carbonyl (C=O) groups excluding carboxylic acids is 1. The summed E-state index contributed by atoms with van der Waals surface area (Å²) < 4.78 is 1.88. The monoisotopic (exact) mass is 421 g/mol. The number of rotatable bonds is 5. The summed E-state index contributed by atoms with van der Waals surface area (Å²) in [5.41, 5.74) is 3.80. The van der Waals surface area contributed by atoms with E-state index in [4.69, 9.17) is 5.10 Å². The first-order valence-electron chi connectivity index (χ1n) is 11.4. The molecule has 1 N–H and O–H groups in total. The molecule has 4 nitrogen and oxygen atoms in total. The molecule has 1 fully saturated rings. The van der Waals surface area contributed by atoms with Crippen LogP contribution in [0.1, 0.15) is 37.7 Å². The third-order valence-corrected chi connectivity index (χ3v) is 6.15. The lowest BCUT2D eigenvalue weighted by molar-refractivity contribution is -0.117. The Hall–Kier alpha value is -3.66. The van der Waals surface area contributed by atoms with Crippen LogP contribution >= 0.6 is 0 Å². The van der Waals surface area contributed by atoms with E-state index in [-0.39, 0.29) is 5.91 Å². The van der Waals surface area contributed by atoms with Gasteiger partial charge in [0.15, 0.2) is 0 Å². The second-order valence-electron chi connectivity index (χ2n) is 8.45. The van der Waals surface area contributed by atoms with Gasteiger partial charge in [-0.3, -0.25) is 4.79 Å². The van der Waals surface area contributed by atoms with Crippen molar-refractivity contribution in [2.45, 2.75) is 38.1 Å². The van der Waals surface area contributed by atoms with E-state index < -0.39 is 0 Å². The van der Waals surface area contributed by atoms with Crippen molar-refractivity contribution < 1.29 is 4.79 Å². The molecule has 0 saturated heterocycles. The number of amides is 1. The highest BCUT2D eigenvalue weighted by Gasteiger charge is 2.15. The zero-order valence-corrected chi connectivity index (χ0v) is 18.1. The Labute approximate surface area is 188 Å². The third kappa shape index (κ3) is 4.50. The van der Waals surface area contributed by atoms with Gasteiger partial charge in [0.1, 0.15) is 0 Å². The van der Waals surface area contributed by atoms with Gasteiger partial charge >= 0.3 is 0 Å². The van der Waals surface area contributed by atoms with E-state index in [1.807, 2.05) is 59.4 Å². The maximum Gasteiger partial charge on any atom is 0.244 e. The van der Waals surface area contributed by atoms with Gasteiger partial charge < -0.3 is 5.32 Å². The molecule has 1 aliphatic carbocycles. The highest BCUT2D eigenvalue weighted by molar-refractivity contribution is 5.94. The molecular formula is C28H27N3O. The molecule has 1 saturated carbocycles. The molecule has 1 aliphatic rings. The fraction of sp³-hybridized carbons (Fsp3) is 0.214. The molecule has 0 spiro atoms. The number of hydrogen-bond donors (Lipinski definition) is 1. The van der Waals surface area contributed by atoms with Gasteiger partial charge in [-0.25, -0.2) is 4.68 Å². The number of nitrogens with one attached hydrogen (secondary N) is 1. The highest BCUT2D eigenvalue weighted by Crippen LogP contribution is 2.28. The highest BCUT2D eigenvalue weighted by atomic mass is 16.1. The lowest BCUT2D eigenvalue weighted by Gasteiger charge is -2.21. The predicted octanol–water partition coefficient (Wildman–Crippen LogP) is 6.15. The van der Waals surface area contributed by atoms with E-state index in [0.29, 0.717) is 6.04 Å². The number of benzene rings is 3. The molecule has 0 atom stereocenters. The van der Waals surface area contributed by atoms with Crippen LogP contribution in [0.5, 0.6) is 0 Å². The molecule has 1 amide bonds. The molecule has 1 aromatic heterocycles. The van der Waals surface area contributed by atoms with Crippen LogP contribution in [0, 0.1) is 0 Å². The van der Waals surface area contributed by atoms with Gasteiger partial charge in [0, 0.05) is 29.4 Å². The first-order chi connectivity index (χ1) is 15.8. The topological polar surface area (TPSA) is 46.9 Å². The van der Waals surface area contributed by atoms with Crippen molar-refractivity contribution in [2.75, 3.05) is 0 Å². The molecular weight excluding hydrogens is 394 g/mol. The quantitative estimate of drug-likeness (QED) is 0.393. The maximum atomic E-state index is 12.6. The second kappa shape index (κ2) is 9.23. The number of hydrogen-bond acceptors (Lipinski definition) is 2. The smallest absolute Gasteiger partial charge is 0.244 e. The van der Waals surface area contributed by atoms with Gasteiger partial charge in [-0.05, 0) is 47.9 Å². The zero-order valence-electron chi connectivity index (χ0n) is 18.1. The fourth-order valence-electron chi connectivity index (χ4n) is 4.44. The van der Waals surface area contributed by atoms with Crippen LogP contribution < -0.4 is 5.32 Å². The number of para-hydroxylation sites is 1. The van der Waals surface area contributed by atoms with Crippen molar-refractivity contribution in [1.29, 1.82) is 0 Å². The van der Waals surface area contributed by atoms with Crippen molar-refractivity contribution >= 4 is 22.8 Å². The summed E-state index contributed by atoms with van der Waals surface area (Å²) in [6, 6.07) is 25.0. The molecule has 0 aliphatic heterocycles. The summed E-state index contributed by atoms with van der Waals surface area (Å²) in [5, 5.41) is 10.4. The zero-order chi connectivity index (χ0) is 21.8. The van der Waals surface area contributed by atoms with Crippen LogP contribution in [0.2, 0.25) is 0 Å². The number of nitrogens with zero attached hydrogens (tertiary/aromatic N) is 2. The molecule has 0 bridgehead atoms. The van der Waals surface area contributed by atoms with Crippen molar-refractivity contribution in [3.05, 3.63) is 90.6 Å². The van der Waals surface area contributed by atoms with Gasteiger partial charge in [0.05, 0.1) is 11.4 Å². The predicted molar refractivity (Wildman–Crippen MR) is 131 cm³/mol. The summed E-state index contributed by atoms with van der Waals surface area (Å²) in [5.74, 6) is -0.0335. The molecule has 3 aromatic carbocycles. The average Bonchev–Trinajstić information content (AvgIpc) is 3.28. The largest absolute Gasteiger partial charge is 0.350 e. The van der Waals surface area contributed by atoms with E-state index >= 15 is 0 Å². The molecule has 160 valence electrons. The Morgan fingerprint density at radius 1 is 0.906 bits per heavy atom. The standard InChI is InChI=1S/C28H27N3O/c32-27(29-25-11-3-1-4-12-25)18-17-24-20-31(26-13-5-2-6-14-26)30-28(24)23-16-15-21-9-7-8-10-22(21)19-23/h2,5-10,13-20,25H,1,3-4,11-12H2,(H,29,32)/b18-17-. The van der Waals surface area contributed by atoms with Crippen LogP contribution in [-0.2, 0) is 4.79 Å². The van der Waals surface area contributed by atoms with Crippen molar-refractivity contribution in [2.24, 2.45) is 0 Å². The lowest BCUT2D eigenvalue weighted by atomic mass is 9.95. The normalized spacial score (nSPS) is 14.8. The van der Waals surface area contributed by atoms with Crippen LogP contribution in [0.25, 0.3) is 33.8 Å². The van der Waals surface area contributed by atoms with Gasteiger partial charge in [-0.15, -0.1) is 0 Å². The minimum Gasteiger partial charge on any atom is -0.350 e. The van der Waals surface area contributed by atoms with Crippen LogP contribution in [0.3, 0.4) is 0 Å². The summed E-state index contributed by atoms with van der Waals surface area (Å²) in [6.45, 7) is 0. The Kier molecular flexibility index (Phi) is 5.84. The maximum absolute atomic E-state index is 12.6. The van der Waals surface area contributed by atoms with Gasteiger partial charge in [-0.1, -0.05) is 73.9 Å². The van der Waals surface area contributed by atoms with E-state index in [1.165, 1.54) is 30.0 Å². The van der Waals surface area contributed by atoms with E-state index in [1.54, 1.807) is 6.08 Å². The summed E-state index contributed by atoms with van der Waals surface area (Å²) >= 11 is 0. The summed E-state index contributed by atoms with van der Waals surface area (Å²) in [4.78, 5) is 12.6. The summed E-state index contributed by atoms with van der Waals surface area (Å²) in [7, 11) is 0. The Bertz CT molecular complexity index is 1250. The Morgan fingerprint density at radius 2 is 1.66 bits per heavy atom. The molecule has 4 heteroatoms. The van der Waals surface area contributed by atoms with Crippen LogP contribution in [-0.4, -0.2) is 21.7 Å². The number of fused-ring (bicyclic) bond motifs is 1. The molecule has 32 heavy (non-hydrogen) atoms. The molecule has 5 rings (SSSR count). The van der Waals surface area contributed by atoms with Crippen molar-refractivity contribution in [1.82, 2.24) is 15.1 Å². The average molecular weight is 422 g/mol. The Balaban J connectivity index is 1.48. The second-order valence-corrected chi connectivity index (χ2v) is 8.45. The third-order valence-electron chi connectivity index (χ3n) is 6.15. The minimum absolute atomic E-state index is 0.0335. The van der Waals surface area contributed by atoms with Gasteiger partial charge in [0.25, 0.3) is 0 Å². The first-order valence-corrected chi connectivity index (χ1v) is 11.4. The molecule has 0 radical (unpaired) electrons. The number of carbonyl (C=O) groups is 1. The van der Waals surface area contributed by atoms with Crippen molar-refractivity contribution in [3.8, 4) is 16.9 Å². The van der Waals surface area contributed by atoms with Crippen molar-refractivity contribution in [3.63, 3.8) is 0 Å². The number of aromatic nitrogens is 2. The fourth-order valence-corrected chi connectivity index (χ4v) is 4.44. The van der Waals surface area contributed by atoms with E-state index in [9.17, 15) is 4.79 Å². The molecule has 1 heterocycles.